The summed E-state index contributed by atoms with van der Waals surface area (Å²) in [5, 5.41) is 0. The molecule has 0 bridgehead atoms. The molecule has 5 heteroatoms. The number of hydrogen-bond donors (Lipinski definition) is 0. The summed E-state index contributed by atoms with van der Waals surface area (Å²) in [6, 6.07) is 0. The lowest BCUT2D eigenvalue weighted by Gasteiger charge is -2.20. The van der Waals surface area contributed by atoms with Crippen LogP contribution in [-0.2, 0) is 18.2 Å². The van der Waals surface area contributed by atoms with Gasteiger partial charge in [-0.3, -0.25) is 4.79 Å². The Morgan fingerprint density at radius 3 is 2.00 bits per heavy atom. The second-order valence-corrected chi connectivity index (χ2v) is 2.48. The number of ketones is 1. The maximum atomic E-state index is 10.9. The van der Waals surface area contributed by atoms with E-state index in [0.717, 1.165) is 0 Å². The third kappa shape index (κ3) is 2.00. The van der Waals surface area contributed by atoms with E-state index in [1.165, 1.54) is 21.0 Å². The van der Waals surface area contributed by atoms with Crippen molar-refractivity contribution in [1.29, 1.82) is 0 Å². The zero-order valence-corrected chi connectivity index (χ0v) is 8.10. The molecule has 11 heavy (non-hydrogen) atoms. The predicted octanol–water partition coefficient (Wildman–Crippen LogP) is 0.834. The van der Waals surface area contributed by atoms with Gasteiger partial charge in [-0.25, -0.2) is 4.79 Å². The molecule has 0 amide bonds. The Balaban J connectivity index is 4.59. The first-order valence-electron chi connectivity index (χ1n) is 2.88. The molecule has 0 aromatic carbocycles. The monoisotopic (exact) mass is 224 g/mol. The van der Waals surface area contributed by atoms with Crippen LogP contribution in [0.25, 0.3) is 0 Å². The van der Waals surface area contributed by atoms with Gasteiger partial charge in [0.15, 0.2) is 22.0 Å². The topological polar surface area (TPSA) is 52.6 Å². The van der Waals surface area contributed by atoms with E-state index in [-0.39, 0.29) is 0 Å². The van der Waals surface area contributed by atoms with Crippen molar-refractivity contribution in [3.05, 3.63) is 0 Å². The van der Waals surface area contributed by atoms with Gasteiger partial charge in [-0.2, -0.15) is 0 Å². The number of Topliss-reactive ketones (excluding diaryl/α,β-unsaturated/α-hetero) is 1. The van der Waals surface area contributed by atoms with Crippen molar-refractivity contribution in [1.82, 2.24) is 0 Å². The number of carbonyl (C=O) groups is 2. The van der Waals surface area contributed by atoms with Crippen LogP contribution >= 0.6 is 16.3 Å². The second-order valence-electron chi connectivity index (χ2n) is 2.16. The maximum Gasteiger partial charge on any atom is 0.357 e. The van der Waals surface area contributed by atoms with Gasteiger partial charge < -0.3 is 8.57 Å². The smallest absolute Gasteiger partial charge is 0.357 e. The van der Waals surface area contributed by atoms with Crippen LogP contribution in [0.1, 0.15) is 13.8 Å². The van der Waals surface area contributed by atoms with Crippen LogP contribution in [0.2, 0.25) is 0 Å². The van der Waals surface area contributed by atoms with Crippen LogP contribution in [0, 0.1) is 0 Å². The fraction of sp³-hybridized carbons (Fsp3) is 0.667. The molecule has 0 aromatic heterocycles. The molecule has 0 radical (unpaired) electrons. The van der Waals surface area contributed by atoms with Crippen LogP contribution < -0.4 is 0 Å². The summed E-state index contributed by atoms with van der Waals surface area (Å²) in [4.78, 5) is 21.7. The normalized spacial score (nSPS) is 15.3. The number of halogens is 1. The number of rotatable bonds is 3. The molecule has 0 N–H and O–H groups in total. The minimum Gasteiger partial charge on any atom is -0.381 e. The Labute approximate surface area is 73.3 Å². The molecule has 0 aromatic rings. The number of ether oxygens (including phenoxy) is 1. The average Bonchev–Trinajstić information content (AvgIpc) is 2.01. The number of carbonyl (C=O) groups excluding carboxylic acids is 2. The molecule has 0 fully saturated rings. The van der Waals surface area contributed by atoms with Gasteiger partial charge in [0.05, 0.1) is 0 Å². The Morgan fingerprint density at radius 2 is 1.91 bits per heavy atom. The fourth-order valence-corrected chi connectivity index (χ4v) is 0.753. The third-order valence-corrected chi connectivity index (χ3v) is 1.83. The highest BCUT2D eigenvalue weighted by molar-refractivity contribution is 9.06. The quantitative estimate of drug-likeness (QED) is 0.667. The fourth-order valence-electron chi connectivity index (χ4n) is 0.444. The van der Waals surface area contributed by atoms with E-state index in [9.17, 15) is 9.59 Å². The summed E-state index contributed by atoms with van der Waals surface area (Å²) in [7, 11) is 1.27. The molecular weight excluding hydrogens is 216 g/mol. The van der Waals surface area contributed by atoms with E-state index in [1.807, 2.05) is 0 Å². The van der Waals surface area contributed by atoms with Gasteiger partial charge in [0.1, 0.15) is 0 Å². The van der Waals surface area contributed by atoms with Crippen LogP contribution in [0.5, 0.6) is 0 Å². The average molecular weight is 225 g/mol. The van der Waals surface area contributed by atoms with E-state index in [1.54, 1.807) is 0 Å². The molecule has 1 unspecified atom stereocenters. The largest absolute Gasteiger partial charge is 0.381 e. The van der Waals surface area contributed by atoms with Crippen molar-refractivity contribution >= 4 is 28.0 Å². The summed E-state index contributed by atoms with van der Waals surface area (Å²) < 4.78 is 8.89. The standard InChI is InChI=1S/C6H9BrO4/c1-4(8)6(2,10-3)5(9)11-7/h1-3H3. The summed E-state index contributed by atoms with van der Waals surface area (Å²) in [5.41, 5.74) is -1.50. The lowest BCUT2D eigenvalue weighted by molar-refractivity contribution is -0.161. The minimum absolute atomic E-state index is 0.399. The molecule has 4 nitrogen and oxygen atoms in total. The minimum atomic E-state index is -1.50. The van der Waals surface area contributed by atoms with E-state index in [2.05, 4.69) is 20.1 Å². The highest BCUT2D eigenvalue weighted by atomic mass is 79.9. The molecule has 0 spiro atoms. The molecule has 0 saturated heterocycles. The van der Waals surface area contributed by atoms with Crippen molar-refractivity contribution in [3.8, 4) is 0 Å². The van der Waals surface area contributed by atoms with E-state index in [0.29, 0.717) is 0 Å². The zero-order valence-electron chi connectivity index (χ0n) is 6.51. The first-order valence-corrected chi connectivity index (χ1v) is 3.53. The van der Waals surface area contributed by atoms with Gasteiger partial charge >= 0.3 is 5.97 Å². The van der Waals surface area contributed by atoms with Crippen molar-refractivity contribution in [2.75, 3.05) is 7.11 Å². The lowest BCUT2D eigenvalue weighted by Crippen LogP contribution is -2.44. The van der Waals surface area contributed by atoms with Crippen LogP contribution in [0.4, 0.5) is 0 Å². The Hall–Kier alpha value is -0.420. The molecule has 0 heterocycles. The first-order chi connectivity index (χ1) is 4.99. The van der Waals surface area contributed by atoms with Crippen molar-refractivity contribution in [2.45, 2.75) is 19.4 Å². The molecule has 64 valence electrons. The molecule has 0 aliphatic rings. The van der Waals surface area contributed by atoms with Gasteiger partial charge in [-0.05, 0) is 13.8 Å². The summed E-state index contributed by atoms with van der Waals surface area (Å²) >= 11 is 2.48. The van der Waals surface area contributed by atoms with E-state index >= 15 is 0 Å². The zero-order chi connectivity index (χ0) is 9.07. The maximum absolute atomic E-state index is 10.9. The van der Waals surface area contributed by atoms with E-state index in [4.69, 9.17) is 4.74 Å². The first kappa shape index (κ1) is 10.6. The van der Waals surface area contributed by atoms with Gasteiger partial charge in [0, 0.05) is 7.11 Å². The molecule has 0 aliphatic heterocycles. The van der Waals surface area contributed by atoms with Crippen LogP contribution in [0.15, 0.2) is 0 Å². The predicted molar refractivity (Wildman–Crippen MR) is 41.1 cm³/mol. The van der Waals surface area contributed by atoms with Crippen LogP contribution in [-0.4, -0.2) is 24.5 Å². The highest BCUT2D eigenvalue weighted by Gasteiger charge is 2.40. The van der Waals surface area contributed by atoms with Crippen molar-refractivity contribution in [3.63, 3.8) is 0 Å². The Morgan fingerprint density at radius 1 is 1.45 bits per heavy atom. The molecule has 0 saturated carbocycles. The molecule has 1 atom stereocenters. The summed E-state index contributed by atoms with van der Waals surface area (Å²) in [5.74, 6) is -1.16. The molecule has 0 rings (SSSR count). The highest BCUT2D eigenvalue weighted by Crippen LogP contribution is 2.14. The summed E-state index contributed by atoms with van der Waals surface area (Å²) in [6.07, 6.45) is 0. The van der Waals surface area contributed by atoms with Crippen LogP contribution in [0.3, 0.4) is 0 Å². The SMILES string of the molecule is COC(C)(C(C)=O)C(=O)OBr. The van der Waals surface area contributed by atoms with Gasteiger partial charge in [-0.1, -0.05) is 0 Å². The third-order valence-electron chi connectivity index (χ3n) is 1.54. The second kappa shape index (κ2) is 3.82. The van der Waals surface area contributed by atoms with Gasteiger partial charge in [-0.15, -0.1) is 0 Å². The van der Waals surface area contributed by atoms with Crippen molar-refractivity contribution < 1.29 is 18.2 Å². The van der Waals surface area contributed by atoms with Gasteiger partial charge in [0.25, 0.3) is 0 Å². The molecule has 0 aliphatic carbocycles. The Bertz CT molecular complexity index is 179. The summed E-state index contributed by atoms with van der Waals surface area (Å²) in [6.45, 7) is 2.60. The lowest BCUT2D eigenvalue weighted by atomic mass is 10.0. The Kier molecular flexibility index (Phi) is 3.68. The molecular formula is C6H9BrO4. The number of hydrogen-bond acceptors (Lipinski definition) is 4. The number of methoxy groups -OCH3 is 1. The van der Waals surface area contributed by atoms with E-state index < -0.39 is 17.4 Å². The van der Waals surface area contributed by atoms with Gasteiger partial charge in [0.2, 0.25) is 5.60 Å². The van der Waals surface area contributed by atoms with Crippen molar-refractivity contribution in [2.24, 2.45) is 0 Å².